The molecular formula is C23H24F3N3O2. The Morgan fingerprint density at radius 3 is 2.52 bits per heavy atom. The zero-order valence-corrected chi connectivity index (χ0v) is 17.2. The Hall–Kier alpha value is -3.03. The summed E-state index contributed by atoms with van der Waals surface area (Å²) in [6.07, 6.45) is -1.78. The van der Waals surface area contributed by atoms with E-state index in [1.165, 1.54) is 6.07 Å². The summed E-state index contributed by atoms with van der Waals surface area (Å²) >= 11 is 0. The number of alkyl halides is 3. The Kier molecular flexibility index (Phi) is 5.89. The third-order valence-corrected chi connectivity index (χ3v) is 5.86. The summed E-state index contributed by atoms with van der Waals surface area (Å²) in [5.74, 6) is 1.09. The first-order valence-electron chi connectivity index (χ1n) is 10.3. The lowest BCUT2D eigenvalue weighted by Crippen LogP contribution is -2.38. The number of methoxy groups -OCH3 is 1. The fourth-order valence-electron chi connectivity index (χ4n) is 4.05. The molecule has 0 atom stereocenters. The van der Waals surface area contributed by atoms with Gasteiger partial charge < -0.3 is 14.6 Å². The van der Waals surface area contributed by atoms with Crippen molar-refractivity contribution in [2.24, 2.45) is 0 Å². The zero-order chi connectivity index (χ0) is 22.0. The molecule has 3 heterocycles. The van der Waals surface area contributed by atoms with Crippen LogP contribution in [-0.2, 0) is 17.4 Å². The van der Waals surface area contributed by atoms with Gasteiger partial charge in [0.2, 0.25) is 5.91 Å². The van der Waals surface area contributed by atoms with Gasteiger partial charge in [-0.05, 0) is 55.2 Å². The molecule has 4 rings (SSSR count). The third kappa shape index (κ3) is 4.84. The number of carbonyl (C=O) groups is 1. The molecule has 1 aromatic carbocycles. The Morgan fingerprint density at radius 1 is 1.16 bits per heavy atom. The van der Waals surface area contributed by atoms with E-state index in [9.17, 15) is 18.0 Å². The van der Waals surface area contributed by atoms with Crippen LogP contribution in [0.1, 0.15) is 42.1 Å². The SMILES string of the molecule is COc1ccc(CCC(=O)N2CCC(c3cc4nc(C(F)(F)F)ccc4[nH]3)CC2)cc1. The van der Waals surface area contributed by atoms with Crippen molar-refractivity contribution in [2.45, 2.75) is 37.8 Å². The number of benzene rings is 1. The third-order valence-electron chi connectivity index (χ3n) is 5.86. The van der Waals surface area contributed by atoms with Crippen molar-refractivity contribution in [3.63, 3.8) is 0 Å². The number of rotatable bonds is 5. The Balaban J connectivity index is 1.33. The van der Waals surface area contributed by atoms with Gasteiger partial charge in [0.25, 0.3) is 0 Å². The number of aromatic amines is 1. The number of fused-ring (bicyclic) bond motifs is 1. The van der Waals surface area contributed by atoms with Crippen molar-refractivity contribution in [2.75, 3.05) is 20.2 Å². The summed E-state index contributed by atoms with van der Waals surface area (Å²) in [5, 5.41) is 0. The minimum Gasteiger partial charge on any atom is -0.497 e. The van der Waals surface area contributed by atoms with E-state index in [-0.39, 0.29) is 11.8 Å². The normalized spacial score (nSPS) is 15.4. The molecule has 0 spiro atoms. The highest BCUT2D eigenvalue weighted by Crippen LogP contribution is 2.32. The molecule has 1 saturated heterocycles. The summed E-state index contributed by atoms with van der Waals surface area (Å²) < 4.78 is 43.8. The summed E-state index contributed by atoms with van der Waals surface area (Å²) in [6.45, 7) is 1.28. The first-order chi connectivity index (χ1) is 14.8. The van der Waals surface area contributed by atoms with Crippen molar-refractivity contribution in [3.05, 3.63) is 59.4 Å². The average Bonchev–Trinajstić information content (AvgIpc) is 3.21. The van der Waals surface area contributed by atoms with Gasteiger partial charge in [-0.3, -0.25) is 4.79 Å². The van der Waals surface area contributed by atoms with Gasteiger partial charge in [0, 0.05) is 31.1 Å². The molecule has 0 saturated carbocycles. The lowest BCUT2D eigenvalue weighted by Gasteiger charge is -2.31. The molecule has 164 valence electrons. The number of aromatic nitrogens is 2. The number of H-pyrrole nitrogens is 1. The first-order valence-corrected chi connectivity index (χ1v) is 10.3. The van der Waals surface area contributed by atoms with Gasteiger partial charge in [0.05, 0.1) is 18.1 Å². The van der Waals surface area contributed by atoms with Gasteiger partial charge in [-0.2, -0.15) is 13.2 Å². The van der Waals surface area contributed by atoms with Crippen LogP contribution in [0, 0.1) is 0 Å². The van der Waals surface area contributed by atoms with Crippen LogP contribution in [0.3, 0.4) is 0 Å². The molecule has 0 bridgehead atoms. The van der Waals surface area contributed by atoms with Crippen LogP contribution in [0.25, 0.3) is 11.0 Å². The molecule has 0 aliphatic carbocycles. The number of hydrogen-bond donors (Lipinski definition) is 1. The standard InChI is InChI=1S/C23H24F3N3O2/c1-31-17-5-2-15(3-6-17)4-9-22(30)29-12-10-16(11-13-29)19-14-20-18(27-19)7-8-21(28-20)23(24,25)26/h2-3,5-8,14,16,27H,4,9-13H2,1H3. The molecule has 1 aliphatic heterocycles. The summed E-state index contributed by atoms with van der Waals surface area (Å²) in [4.78, 5) is 21.4. The van der Waals surface area contributed by atoms with E-state index >= 15 is 0 Å². The monoisotopic (exact) mass is 431 g/mol. The van der Waals surface area contributed by atoms with E-state index < -0.39 is 11.9 Å². The number of likely N-dealkylation sites (tertiary alicyclic amines) is 1. The van der Waals surface area contributed by atoms with Gasteiger partial charge in [-0.1, -0.05) is 12.1 Å². The number of pyridine rings is 1. The minimum atomic E-state index is -4.46. The smallest absolute Gasteiger partial charge is 0.433 e. The van der Waals surface area contributed by atoms with E-state index in [1.807, 2.05) is 29.2 Å². The fourth-order valence-corrected chi connectivity index (χ4v) is 4.05. The largest absolute Gasteiger partial charge is 0.497 e. The van der Waals surface area contributed by atoms with Crippen LogP contribution >= 0.6 is 0 Å². The maximum atomic E-state index is 12.9. The highest BCUT2D eigenvalue weighted by molar-refractivity contribution is 5.77. The minimum absolute atomic E-state index is 0.127. The molecule has 1 amide bonds. The first kappa shape index (κ1) is 21.2. The van der Waals surface area contributed by atoms with Crippen LogP contribution < -0.4 is 4.74 Å². The quantitative estimate of drug-likeness (QED) is 0.623. The number of hydrogen-bond acceptors (Lipinski definition) is 3. The van der Waals surface area contributed by atoms with Crippen molar-refractivity contribution < 1.29 is 22.7 Å². The molecule has 0 unspecified atom stereocenters. The van der Waals surface area contributed by atoms with E-state index in [0.717, 1.165) is 35.9 Å². The van der Waals surface area contributed by atoms with Crippen molar-refractivity contribution in [1.82, 2.24) is 14.9 Å². The van der Waals surface area contributed by atoms with Crippen molar-refractivity contribution >= 4 is 16.9 Å². The van der Waals surface area contributed by atoms with Gasteiger partial charge in [0.15, 0.2) is 0 Å². The van der Waals surface area contributed by atoms with Crippen LogP contribution in [-0.4, -0.2) is 41.0 Å². The van der Waals surface area contributed by atoms with Gasteiger partial charge in [-0.25, -0.2) is 4.98 Å². The molecule has 3 aromatic rings. The molecular weight excluding hydrogens is 407 g/mol. The maximum Gasteiger partial charge on any atom is 0.433 e. The number of nitrogens with one attached hydrogen (secondary N) is 1. The average molecular weight is 431 g/mol. The number of carbonyl (C=O) groups excluding carboxylic acids is 1. The molecule has 0 radical (unpaired) electrons. The predicted octanol–water partition coefficient (Wildman–Crippen LogP) is 4.93. The van der Waals surface area contributed by atoms with Crippen LogP contribution in [0.15, 0.2) is 42.5 Å². The molecule has 5 nitrogen and oxygen atoms in total. The molecule has 1 N–H and O–H groups in total. The number of piperidine rings is 1. The fraction of sp³-hybridized carbons (Fsp3) is 0.391. The zero-order valence-electron chi connectivity index (χ0n) is 17.2. The lowest BCUT2D eigenvalue weighted by atomic mass is 9.93. The van der Waals surface area contributed by atoms with Crippen LogP contribution in [0.2, 0.25) is 0 Å². The van der Waals surface area contributed by atoms with Gasteiger partial charge in [0.1, 0.15) is 11.4 Å². The van der Waals surface area contributed by atoms with Gasteiger partial charge >= 0.3 is 6.18 Å². The topological polar surface area (TPSA) is 58.2 Å². The summed E-state index contributed by atoms with van der Waals surface area (Å²) in [7, 11) is 1.62. The van der Waals surface area contributed by atoms with E-state index in [0.29, 0.717) is 37.0 Å². The number of aryl methyl sites for hydroxylation is 1. The van der Waals surface area contributed by atoms with Gasteiger partial charge in [-0.15, -0.1) is 0 Å². The Bertz CT molecular complexity index is 1050. The Morgan fingerprint density at radius 2 is 1.87 bits per heavy atom. The molecule has 8 heteroatoms. The lowest BCUT2D eigenvalue weighted by molar-refractivity contribution is -0.141. The second-order valence-electron chi connectivity index (χ2n) is 7.85. The number of ether oxygens (including phenoxy) is 1. The highest BCUT2D eigenvalue weighted by atomic mass is 19.4. The van der Waals surface area contributed by atoms with E-state index in [1.54, 1.807) is 13.2 Å². The molecule has 2 aromatic heterocycles. The maximum absolute atomic E-state index is 12.9. The molecule has 31 heavy (non-hydrogen) atoms. The van der Waals surface area contributed by atoms with Crippen molar-refractivity contribution in [1.29, 1.82) is 0 Å². The molecule has 1 aliphatic rings. The predicted molar refractivity (Wildman–Crippen MR) is 111 cm³/mol. The second-order valence-corrected chi connectivity index (χ2v) is 7.85. The second kappa shape index (κ2) is 8.61. The summed E-state index contributed by atoms with van der Waals surface area (Å²) in [6, 6.07) is 11.8. The Labute approximate surface area is 178 Å². The number of nitrogens with zero attached hydrogens (tertiary/aromatic N) is 2. The van der Waals surface area contributed by atoms with Crippen LogP contribution in [0.5, 0.6) is 5.75 Å². The van der Waals surface area contributed by atoms with E-state index in [4.69, 9.17) is 4.74 Å². The number of halogens is 3. The van der Waals surface area contributed by atoms with E-state index in [2.05, 4.69) is 9.97 Å². The number of amides is 1. The highest BCUT2D eigenvalue weighted by Gasteiger charge is 2.33. The van der Waals surface area contributed by atoms with Crippen LogP contribution in [0.4, 0.5) is 13.2 Å². The summed E-state index contributed by atoms with van der Waals surface area (Å²) in [5.41, 5.74) is 2.01. The molecule has 1 fully saturated rings. The van der Waals surface area contributed by atoms with Crippen molar-refractivity contribution in [3.8, 4) is 5.75 Å².